The molecule has 3 nitrogen and oxygen atoms in total. The van der Waals surface area contributed by atoms with E-state index in [1.165, 1.54) is 0 Å². The topological polar surface area (TPSA) is 38.3 Å². The van der Waals surface area contributed by atoms with E-state index < -0.39 is 0 Å². The quantitative estimate of drug-likeness (QED) is 0.685. The number of para-hydroxylation sites is 2. The molecule has 112 valence electrons. The second-order valence-corrected chi connectivity index (χ2v) is 5.43. The highest BCUT2D eigenvalue weighted by Crippen LogP contribution is 2.45. The fourth-order valence-electron chi connectivity index (χ4n) is 3.25. The Balaban J connectivity index is 2.12. The van der Waals surface area contributed by atoms with Crippen molar-refractivity contribution in [2.24, 2.45) is 5.92 Å². The summed E-state index contributed by atoms with van der Waals surface area (Å²) in [5, 5.41) is 3.49. The summed E-state index contributed by atoms with van der Waals surface area (Å²) in [5.41, 5.74) is 3.14. The molecule has 0 saturated carbocycles. The van der Waals surface area contributed by atoms with Crippen LogP contribution in [0.5, 0.6) is 5.75 Å². The highest BCUT2D eigenvalue weighted by molar-refractivity contribution is 5.69. The van der Waals surface area contributed by atoms with E-state index >= 15 is 0 Å². The standard InChI is InChI=1S/C19H19NO2/c1-3-13-14-8-4-6-10-17(14)20-19(16(13)12-21)15-9-5-7-11-18(15)22-2/h3-13,16,19-20H,1H2,2H3/t13-,16+,19-/m1/s1. The van der Waals surface area contributed by atoms with Crippen LogP contribution in [-0.4, -0.2) is 13.4 Å². The summed E-state index contributed by atoms with van der Waals surface area (Å²) in [6.07, 6.45) is 2.88. The molecule has 1 heterocycles. The molecule has 22 heavy (non-hydrogen) atoms. The Bertz CT molecular complexity index is 695. The number of anilines is 1. The minimum Gasteiger partial charge on any atom is -0.496 e. The highest BCUT2D eigenvalue weighted by atomic mass is 16.5. The molecule has 1 aliphatic rings. The number of ether oxygens (including phenoxy) is 1. The molecule has 3 heteroatoms. The summed E-state index contributed by atoms with van der Waals surface area (Å²) >= 11 is 0. The molecule has 0 radical (unpaired) electrons. The summed E-state index contributed by atoms with van der Waals surface area (Å²) in [7, 11) is 1.65. The summed E-state index contributed by atoms with van der Waals surface area (Å²) in [4.78, 5) is 11.8. The second-order valence-electron chi connectivity index (χ2n) is 5.43. The van der Waals surface area contributed by atoms with Crippen molar-refractivity contribution < 1.29 is 9.53 Å². The number of carbonyl (C=O) groups is 1. The molecule has 0 unspecified atom stereocenters. The number of methoxy groups -OCH3 is 1. The van der Waals surface area contributed by atoms with Gasteiger partial charge in [0.05, 0.1) is 13.2 Å². The van der Waals surface area contributed by atoms with Crippen molar-refractivity contribution in [2.75, 3.05) is 12.4 Å². The van der Waals surface area contributed by atoms with Gasteiger partial charge in [-0.2, -0.15) is 0 Å². The van der Waals surface area contributed by atoms with Gasteiger partial charge in [0.25, 0.3) is 0 Å². The minimum atomic E-state index is -0.219. The fraction of sp³-hybridized carbons (Fsp3) is 0.211. The largest absolute Gasteiger partial charge is 0.496 e. The average Bonchev–Trinajstić information content (AvgIpc) is 2.59. The van der Waals surface area contributed by atoms with Gasteiger partial charge in [-0.05, 0) is 17.7 Å². The van der Waals surface area contributed by atoms with Crippen LogP contribution < -0.4 is 10.1 Å². The third-order valence-corrected chi connectivity index (χ3v) is 4.32. The lowest BCUT2D eigenvalue weighted by atomic mass is 9.76. The number of benzene rings is 2. The summed E-state index contributed by atoms with van der Waals surface area (Å²) in [5.74, 6) is 0.558. The zero-order valence-electron chi connectivity index (χ0n) is 12.5. The van der Waals surface area contributed by atoms with E-state index in [1.807, 2.05) is 54.6 Å². The summed E-state index contributed by atoms with van der Waals surface area (Å²) in [6, 6.07) is 15.7. The molecule has 0 amide bonds. The Morgan fingerprint density at radius 1 is 1.09 bits per heavy atom. The van der Waals surface area contributed by atoms with Gasteiger partial charge in [0.1, 0.15) is 12.0 Å². The zero-order chi connectivity index (χ0) is 15.5. The lowest BCUT2D eigenvalue weighted by Gasteiger charge is -2.37. The van der Waals surface area contributed by atoms with Gasteiger partial charge >= 0.3 is 0 Å². The average molecular weight is 293 g/mol. The van der Waals surface area contributed by atoms with Crippen molar-refractivity contribution in [2.45, 2.75) is 12.0 Å². The molecule has 0 saturated heterocycles. The van der Waals surface area contributed by atoms with Crippen molar-refractivity contribution in [3.05, 3.63) is 72.3 Å². The monoisotopic (exact) mass is 293 g/mol. The Labute approximate surface area is 130 Å². The Kier molecular flexibility index (Phi) is 3.96. The lowest BCUT2D eigenvalue weighted by Crippen LogP contribution is -2.32. The molecule has 0 aliphatic carbocycles. The van der Waals surface area contributed by atoms with Gasteiger partial charge in [-0.15, -0.1) is 6.58 Å². The summed E-state index contributed by atoms with van der Waals surface area (Å²) < 4.78 is 5.47. The number of carbonyl (C=O) groups excluding carboxylic acids is 1. The first-order chi connectivity index (χ1) is 10.8. The molecule has 0 spiro atoms. The predicted octanol–water partition coefficient (Wildman–Crippen LogP) is 3.95. The molecule has 2 aromatic rings. The molecule has 0 bridgehead atoms. The number of allylic oxidation sites excluding steroid dienone is 1. The van der Waals surface area contributed by atoms with Crippen molar-refractivity contribution in [3.8, 4) is 5.75 Å². The molecule has 0 fully saturated rings. The predicted molar refractivity (Wildman–Crippen MR) is 88.3 cm³/mol. The van der Waals surface area contributed by atoms with Crippen LogP contribution >= 0.6 is 0 Å². The number of hydrogen-bond acceptors (Lipinski definition) is 3. The smallest absolute Gasteiger partial charge is 0.126 e. The minimum absolute atomic E-state index is 0.00939. The van der Waals surface area contributed by atoms with Gasteiger partial charge < -0.3 is 14.8 Å². The van der Waals surface area contributed by atoms with Gasteiger partial charge in [-0.25, -0.2) is 0 Å². The summed E-state index contributed by atoms with van der Waals surface area (Å²) in [6.45, 7) is 3.93. The Morgan fingerprint density at radius 2 is 1.77 bits per heavy atom. The maximum absolute atomic E-state index is 11.8. The van der Waals surface area contributed by atoms with Crippen LogP contribution in [0, 0.1) is 5.92 Å². The van der Waals surface area contributed by atoms with E-state index in [1.54, 1.807) is 7.11 Å². The molecular weight excluding hydrogens is 274 g/mol. The van der Waals surface area contributed by atoms with Crippen LogP contribution in [-0.2, 0) is 4.79 Å². The Hall–Kier alpha value is -2.55. The number of hydrogen-bond donors (Lipinski definition) is 1. The third kappa shape index (κ3) is 2.29. The van der Waals surface area contributed by atoms with E-state index in [-0.39, 0.29) is 17.9 Å². The van der Waals surface area contributed by atoms with Crippen LogP contribution in [0.1, 0.15) is 23.1 Å². The van der Waals surface area contributed by atoms with Crippen LogP contribution in [0.4, 0.5) is 5.69 Å². The molecule has 1 N–H and O–H groups in total. The Morgan fingerprint density at radius 3 is 2.45 bits per heavy atom. The van der Waals surface area contributed by atoms with E-state index in [0.717, 1.165) is 28.8 Å². The van der Waals surface area contributed by atoms with Crippen molar-refractivity contribution in [1.82, 2.24) is 0 Å². The van der Waals surface area contributed by atoms with Gasteiger partial charge in [0.2, 0.25) is 0 Å². The van der Waals surface area contributed by atoms with Crippen molar-refractivity contribution in [3.63, 3.8) is 0 Å². The van der Waals surface area contributed by atoms with E-state index in [4.69, 9.17) is 4.74 Å². The van der Waals surface area contributed by atoms with Crippen molar-refractivity contribution >= 4 is 12.0 Å². The van der Waals surface area contributed by atoms with Crippen LogP contribution in [0.2, 0.25) is 0 Å². The van der Waals surface area contributed by atoms with Gasteiger partial charge in [-0.1, -0.05) is 42.5 Å². The van der Waals surface area contributed by atoms with E-state index in [0.29, 0.717) is 0 Å². The van der Waals surface area contributed by atoms with Crippen molar-refractivity contribution in [1.29, 1.82) is 0 Å². The van der Waals surface area contributed by atoms with E-state index in [9.17, 15) is 4.79 Å². The molecule has 0 aromatic heterocycles. The fourth-order valence-corrected chi connectivity index (χ4v) is 3.25. The van der Waals surface area contributed by atoms with E-state index in [2.05, 4.69) is 11.9 Å². The van der Waals surface area contributed by atoms with Crippen LogP contribution in [0.3, 0.4) is 0 Å². The second kappa shape index (κ2) is 6.06. The molecule has 3 atom stereocenters. The maximum atomic E-state index is 11.8. The van der Waals surface area contributed by atoms with Gasteiger partial charge in [-0.3, -0.25) is 0 Å². The zero-order valence-corrected chi connectivity index (χ0v) is 12.5. The molecule has 3 rings (SSSR count). The molecule has 2 aromatic carbocycles. The van der Waals surface area contributed by atoms with Crippen LogP contribution in [0.25, 0.3) is 0 Å². The van der Waals surface area contributed by atoms with Gasteiger partial charge in [0, 0.05) is 23.1 Å². The number of nitrogens with one attached hydrogen (secondary N) is 1. The number of fused-ring (bicyclic) bond motifs is 1. The highest BCUT2D eigenvalue weighted by Gasteiger charge is 2.36. The third-order valence-electron chi connectivity index (χ3n) is 4.32. The number of aldehydes is 1. The number of rotatable bonds is 4. The molecule has 1 aliphatic heterocycles. The first kappa shape index (κ1) is 14.4. The van der Waals surface area contributed by atoms with Gasteiger partial charge in [0.15, 0.2) is 0 Å². The lowest BCUT2D eigenvalue weighted by molar-refractivity contribution is -0.112. The molecular formula is C19H19NO2. The maximum Gasteiger partial charge on any atom is 0.126 e. The first-order valence-corrected chi connectivity index (χ1v) is 7.36. The normalized spacial score (nSPS) is 23.0. The first-order valence-electron chi connectivity index (χ1n) is 7.36. The van der Waals surface area contributed by atoms with Crippen LogP contribution in [0.15, 0.2) is 61.2 Å². The SMILES string of the molecule is C=C[C@@H]1c2ccccc2N[C@H](c2ccccc2OC)[C@H]1C=O.